The summed E-state index contributed by atoms with van der Waals surface area (Å²) < 4.78 is 6.40. The van der Waals surface area contributed by atoms with Crippen molar-refractivity contribution in [3.63, 3.8) is 0 Å². The first-order valence-corrected chi connectivity index (χ1v) is 15.3. The van der Waals surface area contributed by atoms with E-state index in [-0.39, 0.29) is 0 Å². The van der Waals surface area contributed by atoms with Crippen LogP contribution in [0.5, 0.6) is 0 Å². The standard InChI is InChI=1S/C8H4S2.2C6H5.Sn/c1-3-9-5-7(1)8-2-4-10-6-8;2*1-2-4-6-5-3-1;/h3-6H;2*1-5H;. The molecule has 0 saturated heterocycles. The van der Waals surface area contributed by atoms with E-state index in [1.807, 2.05) is 22.7 Å². The van der Waals surface area contributed by atoms with Gasteiger partial charge in [0.25, 0.3) is 0 Å². The van der Waals surface area contributed by atoms with Crippen molar-refractivity contribution < 1.29 is 0 Å². The fourth-order valence-electron chi connectivity index (χ4n) is 3.90. The molecular weight excluding hydrogens is 423 g/mol. The Bertz CT molecular complexity index is 885. The van der Waals surface area contributed by atoms with Gasteiger partial charge in [0.1, 0.15) is 0 Å². The molecule has 1 aliphatic rings. The van der Waals surface area contributed by atoms with E-state index < -0.39 is 18.4 Å². The third kappa shape index (κ3) is 1.83. The first kappa shape index (κ1) is 14.0. The molecule has 5 rings (SSSR count). The molecule has 110 valence electrons. The van der Waals surface area contributed by atoms with Crippen LogP contribution in [-0.2, 0) is 0 Å². The van der Waals surface area contributed by atoms with Crippen LogP contribution in [0.2, 0.25) is 0 Å². The van der Waals surface area contributed by atoms with Crippen LogP contribution < -0.4 is 14.3 Å². The molecule has 1 aliphatic heterocycles. The second-order valence-electron chi connectivity index (χ2n) is 5.88. The molecule has 0 saturated carbocycles. The maximum absolute atomic E-state index is 3.09. The third-order valence-electron chi connectivity index (χ3n) is 4.84. The van der Waals surface area contributed by atoms with E-state index >= 15 is 0 Å². The summed E-state index contributed by atoms with van der Waals surface area (Å²) in [5, 5.41) is 9.56. The number of fused-ring (bicyclic) bond motifs is 3. The van der Waals surface area contributed by atoms with Crippen molar-refractivity contribution in [1.82, 2.24) is 0 Å². The van der Waals surface area contributed by atoms with Crippen molar-refractivity contribution in [2.24, 2.45) is 0 Å². The number of hydrogen-bond donors (Lipinski definition) is 0. The Morgan fingerprint density at radius 1 is 0.522 bits per heavy atom. The van der Waals surface area contributed by atoms with Crippen LogP contribution in [0.15, 0.2) is 82.2 Å². The van der Waals surface area contributed by atoms with E-state index in [4.69, 9.17) is 0 Å². The molecule has 3 heterocycles. The SMILES string of the molecule is c1cc[c]([Sn]2([c]3ccccc3)[c]3cscc3-c3csc[c]32)cc1. The van der Waals surface area contributed by atoms with Gasteiger partial charge in [0.15, 0.2) is 0 Å². The summed E-state index contributed by atoms with van der Waals surface area (Å²) >= 11 is 0.628. The summed E-state index contributed by atoms with van der Waals surface area (Å²) in [6.45, 7) is 0. The van der Waals surface area contributed by atoms with E-state index in [1.54, 1.807) is 14.3 Å². The zero-order chi connectivity index (χ0) is 15.3. The van der Waals surface area contributed by atoms with Crippen molar-refractivity contribution in [3.8, 4) is 11.1 Å². The van der Waals surface area contributed by atoms with E-state index in [9.17, 15) is 0 Å². The second-order valence-corrected chi connectivity index (χ2v) is 18.0. The molecule has 23 heavy (non-hydrogen) atoms. The first-order chi connectivity index (χ1) is 11.4. The van der Waals surface area contributed by atoms with Crippen molar-refractivity contribution in [3.05, 3.63) is 82.2 Å². The van der Waals surface area contributed by atoms with Crippen LogP contribution in [0.3, 0.4) is 0 Å². The summed E-state index contributed by atoms with van der Waals surface area (Å²) in [5.74, 6) is 0. The van der Waals surface area contributed by atoms with E-state index in [0.29, 0.717) is 0 Å². The normalized spacial score (nSPS) is 14.4. The van der Waals surface area contributed by atoms with Gasteiger partial charge in [-0.1, -0.05) is 0 Å². The quantitative estimate of drug-likeness (QED) is 0.373. The average molecular weight is 437 g/mol. The Labute approximate surface area is 147 Å². The van der Waals surface area contributed by atoms with Gasteiger partial charge in [0.05, 0.1) is 0 Å². The van der Waals surface area contributed by atoms with Gasteiger partial charge in [-0.15, -0.1) is 0 Å². The zero-order valence-corrected chi connectivity index (χ0v) is 16.9. The Morgan fingerprint density at radius 3 is 1.39 bits per heavy atom. The Kier molecular flexibility index (Phi) is 3.25. The van der Waals surface area contributed by atoms with Crippen LogP contribution >= 0.6 is 22.7 Å². The zero-order valence-electron chi connectivity index (χ0n) is 12.4. The molecule has 0 aliphatic carbocycles. The van der Waals surface area contributed by atoms with Crippen LogP contribution in [0.4, 0.5) is 0 Å². The summed E-state index contributed by atoms with van der Waals surface area (Å²) in [4.78, 5) is 0. The monoisotopic (exact) mass is 438 g/mol. The minimum absolute atomic E-state index is 1.50. The molecular formula is C20H14S2Sn. The third-order valence-corrected chi connectivity index (χ3v) is 21.3. The maximum atomic E-state index is 2.43. The molecule has 0 radical (unpaired) electrons. The Balaban J connectivity index is 1.96. The molecule has 0 N–H and O–H groups in total. The molecule has 0 unspecified atom stereocenters. The minimum atomic E-state index is -3.09. The number of rotatable bonds is 2. The summed E-state index contributed by atoms with van der Waals surface area (Å²) in [6.07, 6.45) is 0. The first-order valence-electron chi connectivity index (χ1n) is 7.67. The number of thiophene rings is 2. The van der Waals surface area contributed by atoms with Crippen LogP contribution in [0.1, 0.15) is 0 Å². The van der Waals surface area contributed by atoms with Gasteiger partial charge in [-0.2, -0.15) is 0 Å². The molecule has 0 atom stereocenters. The van der Waals surface area contributed by atoms with Gasteiger partial charge in [0.2, 0.25) is 0 Å². The second kappa shape index (κ2) is 5.33. The van der Waals surface area contributed by atoms with Gasteiger partial charge < -0.3 is 0 Å². The molecule has 3 heteroatoms. The molecule has 0 amide bonds. The van der Waals surface area contributed by atoms with Gasteiger partial charge >= 0.3 is 149 Å². The molecule has 0 spiro atoms. The predicted molar refractivity (Wildman–Crippen MR) is 105 cm³/mol. The molecule has 0 bridgehead atoms. The van der Waals surface area contributed by atoms with E-state index in [0.717, 1.165) is 0 Å². The van der Waals surface area contributed by atoms with Crippen molar-refractivity contribution in [2.45, 2.75) is 0 Å². The topological polar surface area (TPSA) is 0 Å². The van der Waals surface area contributed by atoms with Crippen molar-refractivity contribution >= 4 is 55.4 Å². The average Bonchev–Trinajstić information content (AvgIpc) is 3.30. The number of benzene rings is 2. The van der Waals surface area contributed by atoms with Gasteiger partial charge in [-0.25, -0.2) is 0 Å². The van der Waals surface area contributed by atoms with Crippen LogP contribution in [0.25, 0.3) is 11.1 Å². The van der Waals surface area contributed by atoms with Crippen molar-refractivity contribution in [1.29, 1.82) is 0 Å². The van der Waals surface area contributed by atoms with Crippen LogP contribution in [0, 0.1) is 0 Å². The molecule has 0 nitrogen and oxygen atoms in total. The van der Waals surface area contributed by atoms with Gasteiger partial charge in [-0.05, 0) is 0 Å². The summed E-state index contributed by atoms with van der Waals surface area (Å²) in [5.41, 5.74) is 2.99. The predicted octanol–water partition coefficient (Wildman–Crippen LogP) is 3.17. The summed E-state index contributed by atoms with van der Waals surface area (Å²) in [7, 11) is 0. The van der Waals surface area contributed by atoms with Gasteiger partial charge in [-0.3, -0.25) is 0 Å². The molecule has 2 aromatic heterocycles. The van der Waals surface area contributed by atoms with E-state index in [1.165, 1.54) is 11.1 Å². The molecule has 4 aromatic rings. The van der Waals surface area contributed by atoms with Crippen molar-refractivity contribution in [2.75, 3.05) is 0 Å². The van der Waals surface area contributed by atoms with E-state index in [2.05, 4.69) is 82.2 Å². The van der Waals surface area contributed by atoms with Crippen LogP contribution in [-0.4, -0.2) is 18.4 Å². The molecule has 2 aromatic carbocycles. The number of hydrogen-bond acceptors (Lipinski definition) is 2. The Hall–Kier alpha value is -1.36. The Morgan fingerprint density at radius 2 is 0.957 bits per heavy atom. The fraction of sp³-hybridized carbons (Fsp3) is 0. The fourth-order valence-corrected chi connectivity index (χ4v) is 23.3. The van der Waals surface area contributed by atoms with Gasteiger partial charge in [0, 0.05) is 0 Å². The summed E-state index contributed by atoms with van der Waals surface area (Å²) in [6, 6.07) is 22.5. The molecule has 0 fully saturated rings.